The topological polar surface area (TPSA) is 103 Å². The highest BCUT2D eigenvalue weighted by atomic mass is 16.5. The van der Waals surface area contributed by atoms with Gasteiger partial charge in [0.05, 0.1) is 21.3 Å². The van der Waals surface area contributed by atoms with Gasteiger partial charge in [-0.15, -0.1) is 5.10 Å². The molecule has 5 aromatic rings. The number of amides is 1. The van der Waals surface area contributed by atoms with Crippen LogP contribution in [0.3, 0.4) is 0 Å². The van der Waals surface area contributed by atoms with Crippen molar-refractivity contribution in [3.63, 3.8) is 0 Å². The van der Waals surface area contributed by atoms with Gasteiger partial charge in [-0.05, 0) is 59.7 Å². The first-order valence-corrected chi connectivity index (χ1v) is 12.8. The minimum atomic E-state index is -0.0114. The van der Waals surface area contributed by atoms with Gasteiger partial charge in [0.25, 0.3) is 5.91 Å². The molecule has 1 aliphatic rings. The smallest absolute Gasteiger partial charge is 0.254 e. The average Bonchev–Trinajstić information content (AvgIpc) is 3.53. The minimum Gasteiger partial charge on any atom is -0.497 e. The van der Waals surface area contributed by atoms with Crippen LogP contribution in [-0.4, -0.2) is 51.7 Å². The number of rotatable bonds is 9. The van der Waals surface area contributed by atoms with Gasteiger partial charge >= 0.3 is 0 Å². The molecule has 1 aliphatic heterocycles. The Bertz CT molecular complexity index is 1720. The summed E-state index contributed by atoms with van der Waals surface area (Å²) in [5.41, 5.74) is 6.14. The fraction of sp³-hybridized carbons (Fsp3) is 0.200. The number of methoxy groups -OCH3 is 3. The van der Waals surface area contributed by atoms with E-state index in [4.69, 9.17) is 19.3 Å². The van der Waals surface area contributed by atoms with Crippen LogP contribution in [0.25, 0.3) is 5.65 Å². The van der Waals surface area contributed by atoms with Crippen LogP contribution in [0.2, 0.25) is 0 Å². The van der Waals surface area contributed by atoms with E-state index in [1.807, 2.05) is 76.1 Å². The Hall–Kier alpha value is -5.12. The second kappa shape index (κ2) is 10.6. The largest absolute Gasteiger partial charge is 0.497 e. The highest BCUT2D eigenvalue weighted by molar-refractivity contribution is 5.98. The SMILES string of the molecule is COc1ccc(CN2Cc3cc(Nc4nc5cccc(Cc6ccnc(OC)c6)n5n4)ccc3C2=O)c(OC)c1. The van der Waals surface area contributed by atoms with Gasteiger partial charge in [-0.2, -0.15) is 4.98 Å². The van der Waals surface area contributed by atoms with Crippen molar-refractivity contribution < 1.29 is 19.0 Å². The normalized spacial score (nSPS) is 12.5. The molecule has 0 spiro atoms. The summed E-state index contributed by atoms with van der Waals surface area (Å²) in [6, 6.07) is 21.1. The first-order chi connectivity index (χ1) is 19.5. The molecule has 3 aromatic heterocycles. The van der Waals surface area contributed by atoms with Crippen molar-refractivity contribution in [1.29, 1.82) is 0 Å². The Morgan fingerprint density at radius 1 is 0.950 bits per heavy atom. The maximum atomic E-state index is 13.1. The standard InChI is InChI=1S/C30H28N6O4/c1-38-24-9-7-20(26(16-24)39-2)17-35-18-21-15-22(8-10-25(21)29(35)37)32-30-33-27-6-4-5-23(36(27)34-30)13-19-11-12-31-28(14-19)40-3/h4-12,14-16H,13,17-18H2,1-3H3,(H,32,34). The van der Waals surface area contributed by atoms with Gasteiger partial charge in [-0.1, -0.05) is 6.07 Å². The van der Waals surface area contributed by atoms with E-state index in [0.717, 1.165) is 33.7 Å². The fourth-order valence-corrected chi connectivity index (χ4v) is 4.93. The van der Waals surface area contributed by atoms with Gasteiger partial charge in [0, 0.05) is 60.3 Å². The molecule has 40 heavy (non-hydrogen) atoms. The molecule has 0 saturated heterocycles. The number of hydrogen-bond acceptors (Lipinski definition) is 8. The van der Waals surface area contributed by atoms with Gasteiger partial charge in [0.2, 0.25) is 11.8 Å². The highest BCUT2D eigenvalue weighted by Crippen LogP contribution is 2.31. The van der Waals surface area contributed by atoms with E-state index in [2.05, 4.69) is 15.3 Å². The number of benzene rings is 2. The Balaban J connectivity index is 1.19. The van der Waals surface area contributed by atoms with Crippen molar-refractivity contribution in [3.8, 4) is 17.4 Å². The molecular formula is C30H28N6O4. The molecule has 10 heteroatoms. The van der Waals surface area contributed by atoms with Crippen molar-refractivity contribution >= 4 is 23.2 Å². The second-order valence-corrected chi connectivity index (χ2v) is 9.44. The number of pyridine rings is 2. The number of hydrogen-bond donors (Lipinski definition) is 1. The summed E-state index contributed by atoms with van der Waals surface area (Å²) in [5, 5.41) is 8.01. The fourth-order valence-electron chi connectivity index (χ4n) is 4.93. The Morgan fingerprint density at radius 2 is 1.85 bits per heavy atom. The van der Waals surface area contributed by atoms with Gasteiger partial charge in [-0.3, -0.25) is 4.79 Å². The van der Waals surface area contributed by atoms with Crippen molar-refractivity contribution in [3.05, 3.63) is 101 Å². The molecule has 6 rings (SSSR count). The van der Waals surface area contributed by atoms with Gasteiger partial charge in [0.1, 0.15) is 11.5 Å². The quantitative estimate of drug-likeness (QED) is 0.291. The Labute approximate surface area is 231 Å². The van der Waals surface area contributed by atoms with E-state index in [9.17, 15) is 4.79 Å². The van der Waals surface area contributed by atoms with E-state index in [1.165, 1.54) is 0 Å². The van der Waals surface area contributed by atoms with Gasteiger partial charge in [0.15, 0.2) is 5.65 Å². The summed E-state index contributed by atoms with van der Waals surface area (Å²) in [6.07, 6.45) is 2.38. The average molecular weight is 537 g/mol. The molecule has 0 atom stereocenters. The predicted octanol–water partition coefficient (Wildman–Crippen LogP) is 4.64. The third kappa shape index (κ3) is 4.86. The minimum absolute atomic E-state index is 0.0114. The van der Waals surface area contributed by atoms with Crippen molar-refractivity contribution in [1.82, 2.24) is 24.5 Å². The monoisotopic (exact) mass is 536 g/mol. The first kappa shape index (κ1) is 25.2. The Morgan fingerprint density at radius 3 is 2.67 bits per heavy atom. The molecule has 2 aromatic carbocycles. The summed E-state index contributed by atoms with van der Waals surface area (Å²) in [7, 11) is 4.83. The third-order valence-electron chi connectivity index (χ3n) is 6.93. The van der Waals surface area contributed by atoms with Gasteiger partial charge < -0.3 is 24.4 Å². The van der Waals surface area contributed by atoms with Crippen LogP contribution in [0, 0.1) is 0 Å². The number of carbonyl (C=O) groups is 1. The maximum absolute atomic E-state index is 13.1. The molecule has 0 bridgehead atoms. The molecule has 0 aliphatic carbocycles. The van der Waals surface area contributed by atoms with Crippen LogP contribution in [0.4, 0.5) is 11.6 Å². The summed E-state index contributed by atoms with van der Waals surface area (Å²) in [5.74, 6) is 2.43. The molecular weight excluding hydrogens is 508 g/mol. The number of fused-ring (bicyclic) bond motifs is 2. The van der Waals surface area contributed by atoms with Crippen LogP contribution in [-0.2, 0) is 19.5 Å². The molecule has 0 radical (unpaired) electrons. The lowest BCUT2D eigenvalue weighted by atomic mass is 10.1. The zero-order chi connectivity index (χ0) is 27.6. The molecule has 0 saturated carbocycles. The van der Waals surface area contributed by atoms with Crippen LogP contribution in [0.5, 0.6) is 17.4 Å². The summed E-state index contributed by atoms with van der Waals surface area (Å²) < 4.78 is 17.9. The molecule has 202 valence electrons. The first-order valence-electron chi connectivity index (χ1n) is 12.8. The molecule has 1 amide bonds. The number of anilines is 2. The van der Waals surface area contributed by atoms with Crippen molar-refractivity contribution in [2.75, 3.05) is 26.6 Å². The maximum Gasteiger partial charge on any atom is 0.254 e. The van der Waals surface area contributed by atoms with E-state index in [0.29, 0.717) is 48.4 Å². The second-order valence-electron chi connectivity index (χ2n) is 9.44. The summed E-state index contributed by atoms with van der Waals surface area (Å²) in [4.78, 5) is 23.8. The number of nitrogens with zero attached hydrogens (tertiary/aromatic N) is 5. The number of carbonyl (C=O) groups excluding carboxylic acids is 1. The molecule has 0 unspecified atom stereocenters. The van der Waals surface area contributed by atoms with Crippen molar-refractivity contribution in [2.45, 2.75) is 19.5 Å². The Kier molecular flexibility index (Phi) is 6.65. The van der Waals surface area contributed by atoms with E-state index in [-0.39, 0.29) is 5.91 Å². The zero-order valence-electron chi connectivity index (χ0n) is 22.4. The lowest BCUT2D eigenvalue weighted by molar-refractivity contribution is 0.0765. The third-order valence-corrected chi connectivity index (χ3v) is 6.93. The predicted molar refractivity (Wildman–Crippen MR) is 149 cm³/mol. The highest BCUT2D eigenvalue weighted by Gasteiger charge is 2.28. The summed E-state index contributed by atoms with van der Waals surface area (Å²) >= 11 is 0. The van der Waals surface area contributed by atoms with Crippen LogP contribution in [0.15, 0.2) is 72.9 Å². The van der Waals surface area contributed by atoms with Crippen LogP contribution < -0.4 is 19.5 Å². The van der Waals surface area contributed by atoms with Crippen LogP contribution in [0.1, 0.15) is 32.7 Å². The molecule has 10 nitrogen and oxygen atoms in total. The number of ether oxygens (including phenoxy) is 3. The molecule has 4 heterocycles. The van der Waals surface area contributed by atoms with Crippen LogP contribution >= 0.6 is 0 Å². The zero-order valence-corrected chi connectivity index (χ0v) is 22.4. The van der Waals surface area contributed by atoms with E-state index < -0.39 is 0 Å². The lowest BCUT2D eigenvalue weighted by Gasteiger charge is -2.18. The van der Waals surface area contributed by atoms with E-state index >= 15 is 0 Å². The molecule has 0 fully saturated rings. The van der Waals surface area contributed by atoms with E-state index in [1.54, 1.807) is 27.5 Å². The number of aromatic nitrogens is 4. The lowest BCUT2D eigenvalue weighted by Crippen LogP contribution is -2.23. The summed E-state index contributed by atoms with van der Waals surface area (Å²) in [6.45, 7) is 0.931. The van der Waals surface area contributed by atoms with Crippen molar-refractivity contribution in [2.24, 2.45) is 0 Å². The van der Waals surface area contributed by atoms with Gasteiger partial charge in [-0.25, -0.2) is 9.50 Å². The number of nitrogens with one attached hydrogen (secondary N) is 1. The molecule has 1 N–H and O–H groups in total.